The van der Waals surface area contributed by atoms with E-state index in [4.69, 9.17) is 16.3 Å². The fourth-order valence-corrected chi connectivity index (χ4v) is 1.39. The highest BCUT2D eigenvalue weighted by Gasteiger charge is 1.97. The summed E-state index contributed by atoms with van der Waals surface area (Å²) >= 11 is 5.74. The maximum Gasteiger partial charge on any atom is 0.132 e. The van der Waals surface area contributed by atoms with Gasteiger partial charge in [-0.25, -0.2) is 4.98 Å². The van der Waals surface area contributed by atoms with E-state index in [9.17, 15) is 0 Å². The molecule has 82 valence electrons. The first kappa shape index (κ1) is 10.9. The maximum atomic E-state index is 5.74. The molecule has 0 aliphatic rings. The molecule has 0 aliphatic heterocycles. The highest BCUT2D eigenvalue weighted by atomic mass is 35.5. The van der Waals surface area contributed by atoms with Gasteiger partial charge < -0.3 is 4.74 Å². The number of nitrogens with zero attached hydrogens (tertiary/aromatic N) is 2. The number of halogens is 1. The zero-order valence-electron chi connectivity index (χ0n) is 8.85. The summed E-state index contributed by atoms with van der Waals surface area (Å²) in [6.45, 7) is 2.43. The molecule has 0 saturated carbocycles. The van der Waals surface area contributed by atoms with Crippen LogP contribution in [0.5, 0.6) is 5.75 Å². The Kier molecular flexibility index (Phi) is 3.37. The van der Waals surface area contributed by atoms with Gasteiger partial charge >= 0.3 is 0 Å². The van der Waals surface area contributed by atoms with Gasteiger partial charge in [0.2, 0.25) is 0 Å². The van der Waals surface area contributed by atoms with E-state index in [1.54, 1.807) is 24.5 Å². The van der Waals surface area contributed by atoms with Crippen LogP contribution in [0.1, 0.15) is 11.3 Å². The van der Waals surface area contributed by atoms with Crippen molar-refractivity contribution in [2.75, 3.05) is 0 Å². The largest absolute Gasteiger partial charge is 0.489 e. The quantitative estimate of drug-likeness (QED) is 0.766. The van der Waals surface area contributed by atoms with Crippen LogP contribution < -0.4 is 4.74 Å². The van der Waals surface area contributed by atoms with E-state index in [2.05, 4.69) is 9.97 Å². The molecule has 0 spiro atoms. The van der Waals surface area contributed by atoms with Gasteiger partial charge in [0.1, 0.15) is 17.5 Å². The van der Waals surface area contributed by atoms with Crippen LogP contribution in [-0.4, -0.2) is 9.97 Å². The lowest BCUT2D eigenvalue weighted by molar-refractivity contribution is 0.305. The molecule has 2 aromatic heterocycles. The number of pyridine rings is 2. The number of aromatic nitrogens is 2. The van der Waals surface area contributed by atoms with Crippen molar-refractivity contribution in [2.24, 2.45) is 0 Å². The number of hydrogen-bond donors (Lipinski definition) is 0. The topological polar surface area (TPSA) is 35.0 Å². The second-order valence-corrected chi connectivity index (χ2v) is 3.80. The van der Waals surface area contributed by atoms with Crippen LogP contribution in [0.25, 0.3) is 0 Å². The maximum absolute atomic E-state index is 5.74. The van der Waals surface area contributed by atoms with Crippen LogP contribution in [-0.2, 0) is 6.61 Å². The predicted molar refractivity (Wildman–Crippen MR) is 62.6 cm³/mol. The van der Waals surface area contributed by atoms with E-state index in [0.717, 1.165) is 11.3 Å². The number of rotatable bonds is 3. The van der Waals surface area contributed by atoms with Crippen molar-refractivity contribution in [3.05, 3.63) is 53.1 Å². The van der Waals surface area contributed by atoms with E-state index < -0.39 is 0 Å². The van der Waals surface area contributed by atoms with E-state index in [0.29, 0.717) is 17.5 Å². The third kappa shape index (κ3) is 2.94. The predicted octanol–water partition coefficient (Wildman–Crippen LogP) is 3.02. The van der Waals surface area contributed by atoms with Gasteiger partial charge in [-0.05, 0) is 19.1 Å². The molecule has 0 bridgehead atoms. The first-order valence-corrected chi connectivity index (χ1v) is 5.28. The minimum Gasteiger partial charge on any atom is -0.489 e. The zero-order chi connectivity index (χ0) is 11.4. The molecule has 16 heavy (non-hydrogen) atoms. The molecule has 2 aromatic rings. The standard InChI is InChI=1S/C12H11ClN2O/c1-9-2-3-10(7-15-9)8-16-11-4-5-14-12(13)6-11/h2-7H,8H2,1H3. The van der Waals surface area contributed by atoms with Crippen molar-refractivity contribution in [3.8, 4) is 5.75 Å². The second kappa shape index (κ2) is 4.94. The molecular weight excluding hydrogens is 224 g/mol. The van der Waals surface area contributed by atoms with Crippen LogP contribution in [0, 0.1) is 6.92 Å². The minimum atomic E-state index is 0.430. The van der Waals surface area contributed by atoms with E-state index >= 15 is 0 Å². The molecule has 0 fully saturated rings. The first-order chi connectivity index (χ1) is 7.74. The molecule has 0 N–H and O–H groups in total. The fourth-order valence-electron chi connectivity index (χ4n) is 1.22. The normalized spacial score (nSPS) is 10.1. The van der Waals surface area contributed by atoms with E-state index in [1.807, 2.05) is 19.1 Å². The second-order valence-electron chi connectivity index (χ2n) is 3.41. The number of aryl methyl sites for hydroxylation is 1. The van der Waals surface area contributed by atoms with Crippen molar-refractivity contribution in [1.29, 1.82) is 0 Å². The fraction of sp³-hybridized carbons (Fsp3) is 0.167. The Bertz CT molecular complexity index is 471. The Morgan fingerprint density at radius 2 is 2.12 bits per heavy atom. The average Bonchev–Trinajstić information content (AvgIpc) is 2.28. The summed E-state index contributed by atoms with van der Waals surface area (Å²) < 4.78 is 5.55. The molecule has 4 heteroatoms. The first-order valence-electron chi connectivity index (χ1n) is 4.90. The van der Waals surface area contributed by atoms with Crippen molar-refractivity contribution in [2.45, 2.75) is 13.5 Å². The van der Waals surface area contributed by atoms with Crippen LogP contribution >= 0.6 is 11.6 Å². The monoisotopic (exact) mass is 234 g/mol. The summed E-state index contributed by atoms with van der Waals surface area (Å²) in [5, 5.41) is 0.430. The Balaban J connectivity index is 1.99. The summed E-state index contributed by atoms with van der Waals surface area (Å²) in [5.74, 6) is 0.709. The lowest BCUT2D eigenvalue weighted by Gasteiger charge is -2.05. The minimum absolute atomic E-state index is 0.430. The summed E-state index contributed by atoms with van der Waals surface area (Å²) in [7, 11) is 0. The molecule has 0 amide bonds. The van der Waals surface area contributed by atoms with Gasteiger partial charge in [0.25, 0.3) is 0 Å². The van der Waals surface area contributed by atoms with E-state index in [-0.39, 0.29) is 0 Å². The smallest absolute Gasteiger partial charge is 0.132 e. The van der Waals surface area contributed by atoms with Gasteiger partial charge in [-0.2, -0.15) is 0 Å². The Labute approximate surface area is 99.1 Å². The molecule has 0 aromatic carbocycles. The SMILES string of the molecule is Cc1ccc(COc2ccnc(Cl)c2)cn1. The number of hydrogen-bond acceptors (Lipinski definition) is 3. The summed E-state index contributed by atoms with van der Waals surface area (Å²) in [6.07, 6.45) is 3.42. The highest BCUT2D eigenvalue weighted by molar-refractivity contribution is 6.29. The lowest BCUT2D eigenvalue weighted by Crippen LogP contribution is -1.96. The van der Waals surface area contributed by atoms with Crippen molar-refractivity contribution in [3.63, 3.8) is 0 Å². The average molecular weight is 235 g/mol. The van der Waals surface area contributed by atoms with Gasteiger partial charge in [-0.15, -0.1) is 0 Å². The van der Waals surface area contributed by atoms with Crippen LogP contribution in [0.4, 0.5) is 0 Å². The van der Waals surface area contributed by atoms with E-state index in [1.165, 1.54) is 0 Å². The summed E-state index contributed by atoms with van der Waals surface area (Å²) in [5.41, 5.74) is 2.02. The van der Waals surface area contributed by atoms with Crippen molar-refractivity contribution < 1.29 is 4.74 Å². The third-order valence-corrected chi connectivity index (χ3v) is 2.28. The van der Waals surface area contributed by atoms with Crippen molar-refractivity contribution >= 4 is 11.6 Å². The Hall–Kier alpha value is -1.61. The van der Waals surface area contributed by atoms with Crippen LogP contribution in [0.15, 0.2) is 36.7 Å². The molecule has 0 atom stereocenters. The third-order valence-electron chi connectivity index (χ3n) is 2.08. The Morgan fingerprint density at radius 1 is 1.25 bits per heavy atom. The molecule has 3 nitrogen and oxygen atoms in total. The van der Waals surface area contributed by atoms with Gasteiger partial charge in [-0.1, -0.05) is 17.7 Å². The zero-order valence-corrected chi connectivity index (χ0v) is 9.61. The van der Waals surface area contributed by atoms with Crippen molar-refractivity contribution in [1.82, 2.24) is 9.97 Å². The van der Waals surface area contributed by atoms with Gasteiger partial charge in [0, 0.05) is 29.7 Å². The highest BCUT2D eigenvalue weighted by Crippen LogP contribution is 2.15. The van der Waals surface area contributed by atoms with Gasteiger partial charge in [-0.3, -0.25) is 4.98 Å². The summed E-state index contributed by atoms with van der Waals surface area (Å²) in [6, 6.07) is 7.40. The Morgan fingerprint density at radius 3 is 2.81 bits per heavy atom. The van der Waals surface area contributed by atoms with Gasteiger partial charge in [0.15, 0.2) is 0 Å². The van der Waals surface area contributed by atoms with Crippen LogP contribution in [0.2, 0.25) is 5.15 Å². The van der Waals surface area contributed by atoms with Crippen LogP contribution in [0.3, 0.4) is 0 Å². The lowest BCUT2D eigenvalue weighted by atomic mass is 10.3. The molecule has 0 unspecified atom stereocenters. The number of ether oxygens (including phenoxy) is 1. The molecule has 0 radical (unpaired) electrons. The summed E-state index contributed by atoms with van der Waals surface area (Å²) in [4.78, 5) is 8.07. The molecule has 0 saturated heterocycles. The molecule has 2 heterocycles. The molecule has 0 aliphatic carbocycles. The molecular formula is C12H11ClN2O. The molecule has 2 rings (SSSR count). The van der Waals surface area contributed by atoms with Gasteiger partial charge in [0.05, 0.1) is 0 Å².